The lowest BCUT2D eigenvalue weighted by Crippen LogP contribution is -1.99. The summed E-state index contributed by atoms with van der Waals surface area (Å²) in [6.07, 6.45) is 3.47. The molecule has 17 heavy (non-hydrogen) atoms. The molecule has 0 aliphatic carbocycles. The van der Waals surface area contributed by atoms with Crippen LogP contribution in [0, 0.1) is 17.1 Å². The van der Waals surface area contributed by atoms with Crippen molar-refractivity contribution in [2.75, 3.05) is 0 Å². The van der Waals surface area contributed by atoms with Gasteiger partial charge in [-0.3, -0.25) is 4.68 Å². The van der Waals surface area contributed by atoms with Crippen molar-refractivity contribution in [3.8, 4) is 17.2 Å². The number of hydrogen-bond acceptors (Lipinski definition) is 2. The molecule has 4 heteroatoms. The van der Waals surface area contributed by atoms with Gasteiger partial charge < -0.3 is 0 Å². The lowest BCUT2D eigenvalue weighted by Gasteiger charge is -2.04. The van der Waals surface area contributed by atoms with E-state index in [0.717, 1.165) is 5.56 Å². The summed E-state index contributed by atoms with van der Waals surface area (Å²) in [5, 5.41) is 13.2. The molecule has 0 aliphatic rings. The molecule has 0 N–H and O–H groups in total. The zero-order chi connectivity index (χ0) is 12.4. The van der Waals surface area contributed by atoms with Crippen LogP contribution in [0.3, 0.4) is 0 Å². The van der Waals surface area contributed by atoms with Crippen molar-refractivity contribution >= 4 is 0 Å². The van der Waals surface area contributed by atoms with Crippen LogP contribution in [0.4, 0.5) is 4.39 Å². The third kappa shape index (κ3) is 2.18. The molecule has 0 unspecified atom stereocenters. The second-order valence-electron chi connectivity index (χ2n) is 4.10. The number of hydrogen-bond donors (Lipinski definition) is 0. The molecule has 0 saturated carbocycles. The summed E-state index contributed by atoms with van der Waals surface area (Å²) >= 11 is 0. The largest absolute Gasteiger partial charge is 0.270 e. The second kappa shape index (κ2) is 4.38. The van der Waals surface area contributed by atoms with Crippen LogP contribution in [0.15, 0.2) is 30.6 Å². The Hall–Kier alpha value is -2.15. The van der Waals surface area contributed by atoms with Gasteiger partial charge in [-0.25, -0.2) is 4.39 Å². The van der Waals surface area contributed by atoms with E-state index in [4.69, 9.17) is 5.26 Å². The smallest absolute Gasteiger partial charge is 0.123 e. The SMILES string of the molecule is CC(C)n1cc(-c2cc(F)ccc2C#N)cn1. The standard InChI is InChI=1S/C13H12FN3/c1-9(2)17-8-11(7-16-17)13-5-12(14)4-3-10(13)6-15/h3-5,7-9H,1-2H3. The monoisotopic (exact) mass is 229 g/mol. The van der Waals surface area contributed by atoms with Crippen molar-refractivity contribution in [3.05, 3.63) is 42.0 Å². The lowest BCUT2D eigenvalue weighted by molar-refractivity contribution is 0.532. The molecule has 0 radical (unpaired) electrons. The Balaban J connectivity index is 2.52. The Morgan fingerprint density at radius 2 is 2.18 bits per heavy atom. The molecule has 0 bridgehead atoms. The molecule has 0 amide bonds. The van der Waals surface area contributed by atoms with Crippen LogP contribution >= 0.6 is 0 Å². The van der Waals surface area contributed by atoms with Gasteiger partial charge in [0, 0.05) is 23.4 Å². The van der Waals surface area contributed by atoms with Crippen molar-refractivity contribution in [1.82, 2.24) is 9.78 Å². The third-order valence-electron chi connectivity index (χ3n) is 2.54. The highest BCUT2D eigenvalue weighted by Gasteiger charge is 2.09. The molecule has 2 aromatic rings. The molecule has 0 atom stereocenters. The van der Waals surface area contributed by atoms with E-state index < -0.39 is 0 Å². The summed E-state index contributed by atoms with van der Waals surface area (Å²) in [7, 11) is 0. The molecular weight excluding hydrogens is 217 g/mol. The summed E-state index contributed by atoms with van der Waals surface area (Å²) in [5.41, 5.74) is 1.80. The van der Waals surface area contributed by atoms with E-state index in [2.05, 4.69) is 11.2 Å². The maximum atomic E-state index is 13.2. The van der Waals surface area contributed by atoms with E-state index in [1.165, 1.54) is 18.2 Å². The van der Waals surface area contributed by atoms with E-state index in [0.29, 0.717) is 11.1 Å². The average molecular weight is 229 g/mol. The summed E-state index contributed by atoms with van der Waals surface area (Å²) in [5.74, 6) is -0.351. The van der Waals surface area contributed by atoms with Crippen molar-refractivity contribution in [2.24, 2.45) is 0 Å². The Labute approximate surface area is 99.1 Å². The summed E-state index contributed by atoms with van der Waals surface area (Å²) in [6.45, 7) is 4.02. The molecular formula is C13H12FN3. The Bertz CT molecular complexity index is 579. The summed E-state index contributed by atoms with van der Waals surface area (Å²) in [6, 6.07) is 6.43. The summed E-state index contributed by atoms with van der Waals surface area (Å²) < 4.78 is 15.0. The minimum absolute atomic E-state index is 0.239. The molecule has 86 valence electrons. The average Bonchev–Trinajstić information content (AvgIpc) is 2.78. The number of benzene rings is 1. The van der Waals surface area contributed by atoms with Gasteiger partial charge in [0.1, 0.15) is 5.82 Å². The molecule has 0 aliphatic heterocycles. The minimum Gasteiger partial charge on any atom is -0.270 e. The fraction of sp³-hybridized carbons (Fsp3) is 0.231. The number of rotatable bonds is 2. The molecule has 1 aromatic carbocycles. The van der Waals surface area contributed by atoms with Gasteiger partial charge in [-0.15, -0.1) is 0 Å². The summed E-state index contributed by atoms with van der Waals surface area (Å²) in [4.78, 5) is 0. The predicted molar refractivity (Wildman–Crippen MR) is 62.7 cm³/mol. The third-order valence-corrected chi connectivity index (χ3v) is 2.54. The van der Waals surface area contributed by atoms with Crippen molar-refractivity contribution in [1.29, 1.82) is 5.26 Å². The second-order valence-corrected chi connectivity index (χ2v) is 4.10. The van der Waals surface area contributed by atoms with Crippen molar-refractivity contribution in [2.45, 2.75) is 19.9 Å². The fourth-order valence-electron chi connectivity index (χ4n) is 1.61. The van der Waals surface area contributed by atoms with Crippen LogP contribution in [0.1, 0.15) is 25.5 Å². The lowest BCUT2D eigenvalue weighted by atomic mass is 10.0. The van der Waals surface area contributed by atoms with Gasteiger partial charge in [0.05, 0.1) is 17.8 Å². The first-order valence-electron chi connectivity index (χ1n) is 5.36. The van der Waals surface area contributed by atoms with Gasteiger partial charge in [-0.2, -0.15) is 10.4 Å². The van der Waals surface area contributed by atoms with Crippen LogP contribution in [-0.2, 0) is 0 Å². The van der Waals surface area contributed by atoms with Gasteiger partial charge in [-0.05, 0) is 32.0 Å². The van der Waals surface area contributed by atoms with Gasteiger partial charge in [0.2, 0.25) is 0 Å². The maximum absolute atomic E-state index is 13.2. The predicted octanol–water partition coefficient (Wildman–Crippen LogP) is 3.14. The van der Waals surface area contributed by atoms with Gasteiger partial charge in [0.25, 0.3) is 0 Å². The molecule has 0 spiro atoms. The Kier molecular flexibility index (Phi) is 2.92. The van der Waals surface area contributed by atoms with Gasteiger partial charge >= 0.3 is 0 Å². The quantitative estimate of drug-likeness (QED) is 0.793. The number of halogens is 1. The first-order valence-corrected chi connectivity index (χ1v) is 5.36. The Morgan fingerprint density at radius 3 is 2.76 bits per heavy atom. The van der Waals surface area contributed by atoms with Crippen LogP contribution in [-0.4, -0.2) is 9.78 Å². The van der Waals surface area contributed by atoms with Crippen LogP contribution < -0.4 is 0 Å². The normalized spacial score (nSPS) is 10.5. The number of aromatic nitrogens is 2. The highest BCUT2D eigenvalue weighted by atomic mass is 19.1. The highest BCUT2D eigenvalue weighted by molar-refractivity contribution is 5.69. The van der Waals surface area contributed by atoms with Crippen LogP contribution in [0.2, 0.25) is 0 Å². The molecule has 0 saturated heterocycles. The molecule has 3 nitrogen and oxygen atoms in total. The first-order chi connectivity index (χ1) is 8.11. The van der Waals surface area contributed by atoms with Crippen molar-refractivity contribution in [3.63, 3.8) is 0 Å². The molecule has 1 aromatic heterocycles. The van der Waals surface area contributed by atoms with Crippen molar-refractivity contribution < 1.29 is 4.39 Å². The van der Waals surface area contributed by atoms with E-state index in [1.807, 2.05) is 20.0 Å². The van der Waals surface area contributed by atoms with E-state index >= 15 is 0 Å². The maximum Gasteiger partial charge on any atom is 0.123 e. The first kappa shape index (κ1) is 11.3. The molecule has 0 fully saturated rings. The molecule has 2 rings (SSSR count). The zero-order valence-corrected chi connectivity index (χ0v) is 9.68. The van der Waals surface area contributed by atoms with Gasteiger partial charge in [0.15, 0.2) is 0 Å². The Morgan fingerprint density at radius 1 is 1.41 bits per heavy atom. The van der Waals surface area contributed by atoms with Gasteiger partial charge in [-0.1, -0.05) is 0 Å². The zero-order valence-electron chi connectivity index (χ0n) is 9.68. The van der Waals surface area contributed by atoms with E-state index in [-0.39, 0.29) is 11.9 Å². The highest BCUT2D eigenvalue weighted by Crippen LogP contribution is 2.24. The molecule has 1 heterocycles. The van der Waals surface area contributed by atoms with Crippen LogP contribution in [0.5, 0.6) is 0 Å². The topological polar surface area (TPSA) is 41.6 Å². The van der Waals surface area contributed by atoms with E-state index in [9.17, 15) is 4.39 Å². The van der Waals surface area contributed by atoms with E-state index in [1.54, 1.807) is 10.9 Å². The fourth-order valence-corrected chi connectivity index (χ4v) is 1.61. The number of nitrogens with zero attached hydrogens (tertiary/aromatic N) is 3. The minimum atomic E-state index is -0.351. The van der Waals surface area contributed by atoms with Crippen LogP contribution in [0.25, 0.3) is 11.1 Å². The number of nitriles is 1.